The average Bonchev–Trinajstić information content (AvgIpc) is 2.65. The molecule has 0 radical (unpaired) electrons. The van der Waals surface area contributed by atoms with Gasteiger partial charge in [-0.2, -0.15) is 8.42 Å². The van der Waals surface area contributed by atoms with E-state index in [4.69, 9.17) is 8.92 Å². The Labute approximate surface area is 181 Å². The van der Waals surface area contributed by atoms with Gasteiger partial charge in [-0.15, -0.1) is 0 Å². The van der Waals surface area contributed by atoms with Crippen molar-refractivity contribution in [2.24, 2.45) is 0 Å². The Kier molecular flexibility index (Phi) is 7.75. The van der Waals surface area contributed by atoms with Gasteiger partial charge in [-0.1, -0.05) is 29.8 Å². The van der Waals surface area contributed by atoms with Crippen molar-refractivity contribution >= 4 is 21.9 Å². The summed E-state index contributed by atoms with van der Waals surface area (Å²) in [5.74, 6) is 0. The van der Waals surface area contributed by atoms with Gasteiger partial charge in [0.2, 0.25) is 0 Å². The lowest BCUT2D eigenvalue weighted by Gasteiger charge is -2.23. The molecule has 0 bridgehead atoms. The van der Waals surface area contributed by atoms with E-state index in [-0.39, 0.29) is 23.6 Å². The van der Waals surface area contributed by atoms with Crippen LogP contribution in [0.5, 0.6) is 0 Å². The van der Waals surface area contributed by atoms with Crippen LogP contribution < -0.4 is 5.32 Å². The van der Waals surface area contributed by atoms with Gasteiger partial charge in [0.25, 0.3) is 15.8 Å². The Balaban J connectivity index is 2.15. The molecule has 0 saturated carbocycles. The van der Waals surface area contributed by atoms with Crippen LogP contribution in [0.1, 0.15) is 31.9 Å². The molecule has 1 amide bonds. The molecule has 0 aliphatic rings. The molecule has 2 aromatic carbocycles. The number of nitrogens with one attached hydrogen (secondary N) is 1. The third-order valence-electron chi connectivity index (χ3n) is 4.08. The molecule has 0 spiro atoms. The summed E-state index contributed by atoms with van der Waals surface area (Å²) in [6, 6.07) is 11.2. The van der Waals surface area contributed by atoms with Crippen LogP contribution in [0.4, 0.5) is 10.5 Å². The first-order valence-electron chi connectivity index (χ1n) is 9.55. The van der Waals surface area contributed by atoms with Crippen LogP contribution in [0.2, 0.25) is 0 Å². The highest BCUT2D eigenvalue weighted by molar-refractivity contribution is 7.86. The van der Waals surface area contributed by atoms with Crippen molar-refractivity contribution < 1.29 is 27.1 Å². The first-order valence-corrected chi connectivity index (χ1v) is 11.0. The van der Waals surface area contributed by atoms with Crippen LogP contribution >= 0.6 is 0 Å². The Morgan fingerprint density at radius 3 is 2.19 bits per heavy atom. The first-order chi connectivity index (χ1) is 14.4. The number of hydrogen-bond donors (Lipinski definition) is 1. The van der Waals surface area contributed by atoms with Crippen molar-refractivity contribution in [1.82, 2.24) is 5.32 Å². The minimum absolute atomic E-state index is 0.00412. The number of nitrogens with zero attached hydrogens (tertiary/aromatic N) is 1. The Bertz CT molecular complexity index is 1010. The second-order valence-corrected chi connectivity index (χ2v) is 9.64. The van der Waals surface area contributed by atoms with Gasteiger partial charge in [-0.25, -0.2) is 4.79 Å². The zero-order chi connectivity index (χ0) is 23.2. The SMILES string of the molecule is Cc1ccc(S(=O)(=O)OCC(Cc2ccc([N+](=O)[O-])cc2)NC(=O)OC(C)(C)C)cc1. The monoisotopic (exact) mass is 450 g/mol. The van der Waals surface area contributed by atoms with Crippen molar-refractivity contribution in [2.45, 2.75) is 50.7 Å². The molecule has 31 heavy (non-hydrogen) atoms. The fourth-order valence-electron chi connectivity index (χ4n) is 2.61. The molecule has 1 atom stereocenters. The van der Waals surface area contributed by atoms with Gasteiger partial charge < -0.3 is 10.1 Å². The van der Waals surface area contributed by atoms with Crippen molar-refractivity contribution in [3.05, 3.63) is 69.8 Å². The van der Waals surface area contributed by atoms with Crippen molar-refractivity contribution in [2.75, 3.05) is 6.61 Å². The lowest BCUT2D eigenvalue weighted by atomic mass is 10.1. The minimum Gasteiger partial charge on any atom is -0.444 e. The molecule has 0 saturated heterocycles. The average molecular weight is 451 g/mol. The molecular formula is C21H26N2O7S. The third-order valence-corrected chi connectivity index (χ3v) is 5.38. The molecule has 10 heteroatoms. The maximum Gasteiger partial charge on any atom is 0.407 e. The molecule has 0 aromatic heterocycles. The third kappa shape index (κ3) is 7.99. The molecule has 1 unspecified atom stereocenters. The summed E-state index contributed by atoms with van der Waals surface area (Å²) >= 11 is 0. The summed E-state index contributed by atoms with van der Waals surface area (Å²) < 4.78 is 35.4. The van der Waals surface area contributed by atoms with E-state index in [9.17, 15) is 23.3 Å². The van der Waals surface area contributed by atoms with Crippen LogP contribution in [0.15, 0.2) is 53.4 Å². The second-order valence-electron chi connectivity index (χ2n) is 8.02. The van der Waals surface area contributed by atoms with Crippen molar-refractivity contribution in [1.29, 1.82) is 0 Å². The summed E-state index contributed by atoms with van der Waals surface area (Å²) in [7, 11) is -4.03. The predicted octanol–water partition coefficient (Wildman–Crippen LogP) is 3.74. The highest BCUT2D eigenvalue weighted by Gasteiger charge is 2.23. The van der Waals surface area contributed by atoms with Gasteiger partial charge in [-0.3, -0.25) is 14.3 Å². The summed E-state index contributed by atoms with van der Waals surface area (Å²) in [6.07, 6.45) is -0.545. The highest BCUT2D eigenvalue weighted by Crippen LogP contribution is 2.17. The predicted molar refractivity (Wildman–Crippen MR) is 114 cm³/mol. The van der Waals surface area contributed by atoms with E-state index < -0.39 is 32.8 Å². The molecule has 0 aliphatic heterocycles. The number of hydrogen-bond acceptors (Lipinski definition) is 7. The molecular weight excluding hydrogens is 424 g/mol. The maximum atomic E-state index is 12.5. The number of rotatable bonds is 8. The topological polar surface area (TPSA) is 125 Å². The minimum atomic E-state index is -4.03. The number of non-ortho nitro benzene ring substituents is 1. The van der Waals surface area contributed by atoms with Crippen LogP contribution in [-0.2, 0) is 25.5 Å². The molecule has 0 aliphatic carbocycles. The van der Waals surface area contributed by atoms with Gasteiger partial charge in [0.05, 0.1) is 22.5 Å². The summed E-state index contributed by atoms with van der Waals surface area (Å²) in [5.41, 5.74) is 0.750. The van der Waals surface area contributed by atoms with Gasteiger partial charge in [0.15, 0.2) is 0 Å². The molecule has 9 nitrogen and oxygen atoms in total. The number of amides is 1. The number of alkyl carbamates (subject to hydrolysis) is 1. The van der Waals surface area contributed by atoms with Crippen molar-refractivity contribution in [3.63, 3.8) is 0 Å². The van der Waals surface area contributed by atoms with Gasteiger partial charge >= 0.3 is 6.09 Å². The molecule has 1 N–H and O–H groups in total. The van der Waals surface area contributed by atoms with E-state index in [2.05, 4.69) is 5.32 Å². The smallest absolute Gasteiger partial charge is 0.407 e. The molecule has 2 aromatic rings. The van der Waals surface area contributed by atoms with Crippen molar-refractivity contribution in [3.8, 4) is 0 Å². The molecule has 0 fully saturated rings. The van der Waals surface area contributed by atoms with Crippen LogP contribution in [0, 0.1) is 17.0 Å². The Morgan fingerprint density at radius 2 is 1.68 bits per heavy atom. The number of ether oxygens (including phenoxy) is 1. The number of benzene rings is 2. The Morgan fingerprint density at radius 1 is 1.10 bits per heavy atom. The lowest BCUT2D eigenvalue weighted by molar-refractivity contribution is -0.384. The quantitative estimate of drug-likeness (QED) is 0.369. The number of carbonyl (C=O) groups excluding carboxylic acids is 1. The van der Waals surface area contributed by atoms with E-state index in [1.165, 1.54) is 36.4 Å². The maximum absolute atomic E-state index is 12.5. The van der Waals surface area contributed by atoms with E-state index >= 15 is 0 Å². The number of nitro groups is 1. The lowest BCUT2D eigenvalue weighted by Crippen LogP contribution is -2.43. The number of carbonyl (C=O) groups is 1. The summed E-state index contributed by atoms with van der Waals surface area (Å²) in [6.45, 7) is 6.61. The van der Waals surface area contributed by atoms with E-state index in [1.54, 1.807) is 32.9 Å². The van der Waals surface area contributed by atoms with Crippen LogP contribution in [-0.4, -0.2) is 37.7 Å². The largest absolute Gasteiger partial charge is 0.444 e. The fraction of sp³-hybridized carbons (Fsp3) is 0.381. The van der Waals surface area contributed by atoms with Crippen LogP contribution in [0.3, 0.4) is 0 Å². The van der Waals surface area contributed by atoms with Gasteiger partial charge in [-0.05, 0) is 51.8 Å². The highest BCUT2D eigenvalue weighted by atomic mass is 32.2. The standard InChI is InChI=1S/C21H26N2O7S/c1-15-5-11-19(12-6-15)31(27,28)29-14-17(22-20(24)30-21(2,3)4)13-16-7-9-18(10-8-16)23(25)26/h5-12,17H,13-14H2,1-4H3,(H,22,24). The van der Waals surface area contributed by atoms with E-state index in [0.717, 1.165) is 5.56 Å². The van der Waals surface area contributed by atoms with Gasteiger partial charge in [0, 0.05) is 12.1 Å². The van der Waals surface area contributed by atoms with E-state index in [1.807, 2.05) is 6.92 Å². The van der Waals surface area contributed by atoms with E-state index in [0.29, 0.717) is 5.56 Å². The molecule has 168 valence electrons. The van der Waals surface area contributed by atoms with Gasteiger partial charge in [0.1, 0.15) is 5.60 Å². The second kappa shape index (κ2) is 9.88. The molecule has 0 heterocycles. The number of aryl methyl sites for hydroxylation is 1. The molecule has 2 rings (SSSR count). The fourth-order valence-corrected chi connectivity index (χ4v) is 3.56. The van der Waals surface area contributed by atoms with Crippen LogP contribution in [0.25, 0.3) is 0 Å². The summed E-state index contributed by atoms with van der Waals surface area (Å²) in [4.78, 5) is 22.5. The number of nitro benzene ring substituents is 1. The normalized spacial score (nSPS) is 12.8. The zero-order valence-electron chi connectivity index (χ0n) is 17.8. The first kappa shape index (κ1) is 24.3. The Hall–Kier alpha value is -2.98. The zero-order valence-corrected chi connectivity index (χ0v) is 18.6. The summed E-state index contributed by atoms with van der Waals surface area (Å²) in [5, 5.41) is 13.4.